The molecule has 0 aliphatic carbocycles. The molecule has 0 aliphatic heterocycles. The summed E-state index contributed by atoms with van der Waals surface area (Å²) in [5.41, 5.74) is 0.748. The molecule has 0 saturated heterocycles. The van der Waals surface area contributed by atoms with E-state index in [1.165, 1.54) is 0 Å². The van der Waals surface area contributed by atoms with Crippen LogP contribution >= 0.6 is 0 Å². The van der Waals surface area contributed by atoms with Gasteiger partial charge in [0, 0.05) is 18.2 Å². The highest BCUT2D eigenvalue weighted by atomic mass is 19.1. The fraction of sp³-hybridized carbons (Fsp3) is 0.556. The quantitative estimate of drug-likeness (QED) is 0.604. The van der Waals surface area contributed by atoms with Crippen molar-refractivity contribution >= 4 is 0 Å². The van der Waals surface area contributed by atoms with Crippen LogP contribution in [0.2, 0.25) is 0 Å². The first-order chi connectivity index (χ1) is 5.07. The third-order valence-corrected chi connectivity index (χ3v) is 1.68. The summed E-state index contributed by atoms with van der Waals surface area (Å²) in [7, 11) is 0. The van der Waals surface area contributed by atoms with Crippen molar-refractivity contribution in [2.45, 2.75) is 20.0 Å². The van der Waals surface area contributed by atoms with Gasteiger partial charge < -0.3 is 5.32 Å². The normalized spacial score (nSPS) is 15.2. The summed E-state index contributed by atoms with van der Waals surface area (Å²) in [6.45, 7) is 11.2. The molecule has 2 heteroatoms. The molecule has 0 saturated carbocycles. The molecule has 0 aromatic heterocycles. The van der Waals surface area contributed by atoms with E-state index in [2.05, 4.69) is 18.5 Å². The number of hydrogen-bond acceptors (Lipinski definition) is 1. The molecule has 0 spiro atoms. The van der Waals surface area contributed by atoms with Crippen molar-refractivity contribution in [2.75, 3.05) is 6.54 Å². The largest absolute Gasteiger partial charge is 0.385 e. The van der Waals surface area contributed by atoms with Gasteiger partial charge in [0.2, 0.25) is 0 Å². The lowest BCUT2D eigenvalue weighted by molar-refractivity contribution is 0.262. The van der Waals surface area contributed by atoms with Crippen LogP contribution < -0.4 is 5.32 Å². The van der Waals surface area contributed by atoms with E-state index in [0.717, 1.165) is 5.70 Å². The number of rotatable bonds is 5. The molecular formula is C9H16FN. The van der Waals surface area contributed by atoms with E-state index in [0.29, 0.717) is 6.54 Å². The second-order valence-corrected chi connectivity index (χ2v) is 2.77. The summed E-state index contributed by atoms with van der Waals surface area (Å²) < 4.78 is 12.6. The SMILES string of the molecule is C=CC(=C)NCC(C)[C@@H](C)F. The zero-order valence-corrected chi connectivity index (χ0v) is 7.23. The Kier molecular flexibility index (Phi) is 4.59. The molecule has 0 aromatic carbocycles. The molecule has 64 valence electrons. The van der Waals surface area contributed by atoms with Crippen molar-refractivity contribution in [3.05, 3.63) is 24.9 Å². The van der Waals surface area contributed by atoms with E-state index in [1.54, 1.807) is 13.0 Å². The first-order valence-corrected chi connectivity index (χ1v) is 3.77. The Morgan fingerprint density at radius 3 is 2.55 bits per heavy atom. The average molecular weight is 157 g/mol. The summed E-state index contributed by atoms with van der Waals surface area (Å²) in [5, 5.41) is 2.96. The average Bonchev–Trinajstić information content (AvgIpc) is 1.99. The van der Waals surface area contributed by atoms with Crippen molar-refractivity contribution in [3.8, 4) is 0 Å². The van der Waals surface area contributed by atoms with Crippen LogP contribution in [0.4, 0.5) is 4.39 Å². The molecule has 0 amide bonds. The summed E-state index contributed by atoms with van der Waals surface area (Å²) >= 11 is 0. The molecular weight excluding hydrogens is 141 g/mol. The fourth-order valence-electron chi connectivity index (χ4n) is 0.527. The van der Waals surface area contributed by atoms with Gasteiger partial charge in [-0.15, -0.1) is 0 Å². The predicted octanol–water partition coefficient (Wildman–Crippen LogP) is 2.27. The van der Waals surface area contributed by atoms with Gasteiger partial charge in [0.05, 0.1) is 0 Å². The molecule has 11 heavy (non-hydrogen) atoms. The van der Waals surface area contributed by atoms with Crippen LogP contribution in [0.5, 0.6) is 0 Å². The van der Waals surface area contributed by atoms with Gasteiger partial charge >= 0.3 is 0 Å². The van der Waals surface area contributed by atoms with E-state index in [1.807, 2.05) is 6.92 Å². The lowest BCUT2D eigenvalue weighted by atomic mass is 10.1. The lowest BCUT2D eigenvalue weighted by Crippen LogP contribution is -2.24. The molecule has 0 aliphatic rings. The minimum Gasteiger partial charge on any atom is -0.385 e. The predicted molar refractivity (Wildman–Crippen MR) is 47.1 cm³/mol. The molecule has 1 nitrogen and oxygen atoms in total. The Morgan fingerprint density at radius 1 is 1.64 bits per heavy atom. The van der Waals surface area contributed by atoms with Gasteiger partial charge in [-0.3, -0.25) is 0 Å². The second-order valence-electron chi connectivity index (χ2n) is 2.77. The number of nitrogens with one attached hydrogen (secondary N) is 1. The van der Waals surface area contributed by atoms with Crippen LogP contribution in [-0.4, -0.2) is 12.7 Å². The van der Waals surface area contributed by atoms with Gasteiger partial charge in [0.15, 0.2) is 0 Å². The van der Waals surface area contributed by atoms with Gasteiger partial charge in [-0.1, -0.05) is 20.1 Å². The monoisotopic (exact) mass is 157 g/mol. The molecule has 0 rings (SSSR count). The maximum absolute atomic E-state index is 12.6. The maximum atomic E-state index is 12.6. The van der Waals surface area contributed by atoms with Crippen molar-refractivity contribution in [1.29, 1.82) is 0 Å². The van der Waals surface area contributed by atoms with Crippen LogP contribution in [0.15, 0.2) is 24.9 Å². The van der Waals surface area contributed by atoms with E-state index in [4.69, 9.17) is 0 Å². The minimum absolute atomic E-state index is 0.0201. The van der Waals surface area contributed by atoms with Crippen molar-refractivity contribution < 1.29 is 4.39 Å². The zero-order valence-electron chi connectivity index (χ0n) is 7.23. The van der Waals surface area contributed by atoms with Crippen LogP contribution in [0.1, 0.15) is 13.8 Å². The lowest BCUT2D eigenvalue weighted by Gasteiger charge is -2.13. The minimum atomic E-state index is -0.778. The Hall–Kier alpha value is -0.790. The first-order valence-electron chi connectivity index (χ1n) is 3.77. The summed E-state index contributed by atoms with van der Waals surface area (Å²) in [6.07, 6.45) is 0.843. The summed E-state index contributed by atoms with van der Waals surface area (Å²) in [6, 6.07) is 0. The molecule has 0 radical (unpaired) electrons. The Labute approximate surface area is 68.0 Å². The Morgan fingerprint density at radius 2 is 2.18 bits per heavy atom. The van der Waals surface area contributed by atoms with Crippen LogP contribution in [0.3, 0.4) is 0 Å². The maximum Gasteiger partial charge on any atom is 0.102 e. The van der Waals surface area contributed by atoms with Crippen LogP contribution in [-0.2, 0) is 0 Å². The van der Waals surface area contributed by atoms with Crippen molar-refractivity contribution in [3.63, 3.8) is 0 Å². The Bertz CT molecular complexity index is 140. The summed E-state index contributed by atoms with van der Waals surface area (Å²) in [5.74, 6) is 0.0201. The molecule has 2 atom stereocenters. The smallest absolute Gasteiger partial charge is 0.102 e. The summed E-state index contributed by atoms with van der Waals surface area (Å²) in [4.78, 5) is 0. The highest BCUT2D eigenvalue weighted by Gasteiger charge is 2.09. The number of alkyl halides is 1. The first kappa shape index (κ1) is 10.2. The standard InChI is InChI=1S/C9H16FN/c1-5-8(3)11-6-7(2)9(4)10/h5,7,9,11H,1,3,6H2,2,4H3/t7?,9-/m1/s1. The van der Waals surface area contributed by atoms with Gasteiger partial charge in [0.25, 0.3) is 0 Å². The molecule has 0 aromatic rings. The van der Waals surface area contributed by atoms with E-state index in [9.17, 15) is 4.39 Å². The zero-order chi connectivity index (χ0) is 8.85. The van der Waals surface area contributed by atoms with Crippen LogP contribution in [0, 0.1) is 5.92 Å². The molecule has 0 bridgehead atoms. The highest BCUT2D eigenvalue weighted by molar-refractivity contribution is 5.08. The molecule has 1 N–H and O–H groups in total. The topological polar surface area (TPSA) is 12.0 Å². The number of halogens is 1. The van der Waals surface area contributed by atoms with Crippen LogP contribution in [0.25, 0.3) is 0 Å². The number of hydrogen-bond donors (Lipinski definition) is 1. The molecule has 1 unspecified atom stereocenters. The second kappa shape index (κ2) is 4.94. The van der Waals surface area contributed by atoms with Gasteiger partial charge in [-0.25, -0.2) is 4.39 Å². The van der Waals surface area contributed by atoms with Gasteiger partial charge in [0.1, 0.15) is 6.17 Å². The highest BCUT2D eigenvalue weighted by Crippen LogP contribution is 2.04. The number of allylic oxidation sites excluding steroid dienone is 1. The molecule has 0 fully saturated rings. The third kappa shape index (κ3) is 4.59. The van der Waals surface area contributed by atoms with E-state index >= 15 is 0 Å². The van der Waals surface area contributed by atoms with Gasteiger partial charge in [-0.05, 0) is 13.0 Å². The van der Waals surface area contributed by atoms with Gasteiger partial charge in [-0.2, -0.15) is 0 Å². The van der Waals surface area contributed by atoms with Crippen molar-refractivity contribution in [2.24, 2.45) is 5.92 Å². The fourth-order valence-corrected chi connectivity index (χ4v) is 0.527. The van der Waals surface area contributed by atoms with E-state index in [-0.39, 0.29) is 5.92 Å². The Balaban J connectivity index is 3.53. The van der Waals surface area contributed by atoms with E-state index < -0.39 is 6.17 Å². The molecule has 0 heterocycles. The third-order valence-electron chi connectivity index (χ3n) is 1.68. The van der Waals surface area contributed by atoms with Crippen molar-refractivity contribution in [1.82, 2.24) is 5.32 Å².